The summed E-state index contributed by atoms with van der Waals surface area (Å²) in [6, 6.07) is 0. The monoisotopic (exact) mass is 159 g/mol. The van der Waals surface area contributed by atoms with Crippen molar-refractivity contribution in [3.8, 4) is 0 Å². The van der Waals surface area contributed by atoms with E-state index in [1.165, 1.54) is 12.8 Å². The molecule has 0 bridgehead atoms. The maximum Gasteiger partial charge on any atom is 0.155 e. The van der Waals surface area contributed by atoms with Gasteiger partial charge in [-0.05, 0) is 26.7 Å². The Morgan fingerprint density at radius 3 is 2.45 bits per heavy atom. The third-order valence-electron chi connectivity index (χ3n) is 1.67. The molecule has 0 aromatic heterocycles. The lowest BCUT2D eigenvalue weighted by molar-refractivity contribution is -0.0249. The highest BCUT2D eigenvalue weighted by Crippen LogP contribution is 2.18. The van der Waals surface area contributed by atoms with Crippen LogP contribution >= 0.6 is 0 Å². The van der Waals surface area contributed by atoms with E-state index < -0.39 is 0 Å². The van der Waals surface area contributed by atoms with Crippen molar-refractivity contribution in [2.45, 2.75) is 52.1 Å². The summed E-state index contributed by atoms with van der Waals surface area (Å²) in [7, 11) is 0. The molecule has 0 rings (SSSR count). The topological polar surface area (TPSA) is 38.7 Å². The van der Waals surface area contributed by atoms with Gasteiger partial charge in [0.05, 0.1) is 0 Å². The molecule has 0 spiro atoms. The van der Waals surface area contributed by atoms with Crippen LogP contribution < -0.4 is 0 Å². The van der Waals surface area contributed by atoms with Gasteiger partial charge in [0.25, 0.3) is 0 Å². The van der Waals surface area contributed by atoms with Crippen LogP contribution in [0, 0.1) is 4.91 Å². The Balaban J connectivity index is 3.45. The second-order valence-electron chi connectivity index (χ2n) is 3.38. The van der Waals surface area contributed by atoms with Crippen molar-refractivity contribution in [2.24, 2.45) is 5.34 Å². The van der Waals surface area contributed by atoms with Crippen LogP contribution in [0.2, 0.25) is 0 Å². The molecule has 0 saturated carbocycles. The average Bonchev–Trinajstić information content (AvgIpc) is 1.87. The minimum absolute atomic E-state index is 0.378. The molecule has 0 unspecified atom stereocenters. The fraction of sp³-hybridized carbons (Fsp3) is 1.00. The fourth-order valence-electron chi connectivity index (χ4n) is 0.947. The molecule has 0 aromatic carbocycles. The van der Waals surface area contributed by atoms with Crippen molar-refractivity contribution in [1.29, 1.82) is 0 Å². The summed E-state index contributed by atoms with van der Waals surface area (Å²) in [6.45, 7) is 5.90. The Morgan fingerprint density at radius 1 is 1.36 bits per heavy atom. The standard InChI is InChI=1S/C8H17NO2/c1-4-5-6-7-8(2,3)11-9-10/h4-7H2,1-3H3. The highest BCUT2D eigenvalue weighted by molar-refractivity contribution is 4.66. The summed E-state index contributed by atoms with van der Waals surface area (Å²) in [5.41, 5.74) is -0.378. The number of hydrogen-bond acceptors (Lipinski definition) is 3. The highest BCUT2D eigenvalue weighted by atomic mass is 16.7. The van der Waals surface area contributed by atoms with Gasteiger partial charge in [0.2, 0.25) is 0 Å². The molecule has 11 heavy (non-hydrogen) atoms. The van der Waals surface area contributed by atoms with E-state index in [1.54, 1.807) is 0 Å². The van der Waals surface area contributed by atoms with Gasteiger partial charge in [-0.2, -0.15) is 0 Å². The van der Waals surface area contributed by atoms with Crippen LogP contribution in [0.3, 0.4) is 0 Å². The third kappa shape index (κ3) is 5.83. The summed E-state index contributed by atoms with van der Waals surface area (Å²) in [6.07, 6.45) is 4.36. The lowest BCUT2D eigenvalue weighted by atomic mass is 10.0. The van der Waals surface area contributed by atoms with Gasteiger partial charge >= 0.3 is 0 Å². The molecule has 0 N–H and O–H groups in total. The van der Waals surface area contributed by atoms with Gasteiger partial charge in [0.1, 0.15) is 5.60 Å². The zero-order chi connectivity index (χ0) is 8.74. The Kier molecular flexibility index (Phi) is 4.83. The fourth-order valence-corrected chi connectivity index (χ4v) is 0.947. The molecule has 0 aliphatic carbocycles. The summed E-state index contributed by atoms with van der Waals surface area (Å²) < 4.78 is 0. The molecule has 0 aliphatic heterocycles. The van der Waals surface area contributed by atoms with Crippen molar-refractivity contribution in [2.75, 3.05) is 0 Å². The molecule has 0 saturated heterocycles. The second kappa shape index (κ2) is 5.10. The molecule has 0 aromatic rings. The van der Waals surface area contributed by atoms with Crippen molar-refractivity contribution in [1.82, 2.24) is 0 Å². The Hall–Kier alpha value is -0.600. The molecular weight excluding hydrogens is 142 g/mol. The smallest absolute Gasteiger partial charge is 0.155 e. The molecule has 0 atom stereocenters. The predicted octanol–water partition coefficient (Wildman–Crippen LogP) is 3.04. The molecule has 0 radical (unpaired) electrons. The van der Waals surface area contributed by atoms with Crippen LogP contribution in [0.1, 0.15) is 46.5 Å². The Bertz CT molecular complexity index is 113. The molecular formula is C8H17NO2. The van der Waals surface area contributed by atoms with Gasteiger partial charge in [-0.25, -0.2) is 0 Å². The molecule has 0 amide bonds. The van der Waals surface area contributed by atoms with Crippen LogP contribution in [0.5, 0.6) is 0 Å². The van der Waals surface area contributed by atoms with E-state index >= 15 is 0 Å². The van der Waals surface area contributed by atoms with Gasteiger partial charge in [-0.3, -0.25) is 0 Å². The Morgan fingerprint density at radius 2 is 2.00 bits per heavy atom. The first kappa shape index (κ1) is 10.4. The largest absolute Gasteiger partial charge is 0.358 e. The van der Waals surface area contributed by atoms with E-state index in [1.807, 2.05) is 13.8 Å². The van der Waals surface area contributed by atoms with Crippen LogP contribution in [-0.2, 0) is 4.84 Å². The maximum absolute atomic E-state index is 9.78. The predicted molar refractivity (Wildman–Crippen MR) is 45.1 cm³/mol. The first-order chi connectivity index (χ1) is 5.12. The van der Waals surface area contributed by atoms with Crippen molar-refractivity contribution >= 4 is 0 Å². The van der Waals surface area contributed by atoms with Crippen molar-refractivity contribution in [3.63, 3.8) is 0 Å². The van der Waals surface area contributed by atoms with Crippen LogP contribution in [0.15, 0.2) is 5.34 Å². The maximum atomic E-state index is 9.78. The summed E-state index contributed by atoms with van der Waals surface area (Å²) in [4.78, 5) is 14.4. The lowest BCUT2D eigenvalue weighted by Gasteiger charge is -2.19. The quantitative estimate of drug-likeness (QED) is 0.339. The van der Waals surface area contributed by atoms with Crippen molar-refractivity contribution in [3.05, 3.63) is 4.91 Å². The van der Waals surface area contributed by atoms with Gasteiger partial charge in [-0.15, -0.1) is 4.91 Å². The van der Waals surface area contributed by atoms with E-state index in [0.717, 1.165) is 12.8 Å². The van der Waals surface area contributed by atoms with E-state index in [-0.39, 0.29) is 5.60 Å². The third-order valence-corrected chi connectivity index (χ3v) is 1.67. The van der Waals surface area contributed by atoms with Gasteiger partial charge in [-0.1, -0.05) is 19.8 Å². The normalized spacial score (nSPS) is 11.2. The first-order valence-electron chi connectivity index (χ1n) is 4.13. The molecule has 0 aliphatic rings. The number of rotatable bonds is 6. The minimum atomic E-state index is -0.378. The second-order valence-corrected chi connectivity index (χ2v) is 3.38. The van der Waals surface area contributed by atoms with Gasteiger partial charge in [0.15, 0.2) is 5.34 Å². The SMILES string of the molecule is CCCCCC(C)(C)ON=O. The van der Waals surface area contributed by atoms with Crippen molar-refractivity contribution < 1.29 is 4.84 Å². The zero-order valence-electron chi connectivity index (χ0n) is 7.59. The average molecular weight is 159 g/mol. The minimum Gasteiger partial charge on any atom is -0.358 e. The number of unbranched alkanes of at least 4 members (excludes halogenated alkanes) is 2. The van der Waals surface area contributed by atoms with Gasteiger partial charge in [0, 0.05) is 0 Å². The van der Waals surface area contributed by atoms with E-state index in [0.29, 0.717) is 0 Å². The molecule has 66 valence electrons. The van der Waals surface area contributed by atoms with E-state index in [2.05, 4.69) is 17.1 Å². The van der Waals surface area contributed by atoms with Gasteiger partial charge < -0.3 is 4.84 Å². The Labute approximate surface area is 68.1 Å². The summed E-state index contributed by atoms with van der Waals surface area (Å²) in [5, 5.41) is 2.44. The number of nitrogens with zero attached hydrogens (tertiary/aromatic N) is 1. The lowest BCUT2D eigenvalue weighted by Crippen LogP contribution is -2.21. The van der Waals surface area contributed by atoms with Crippen LogP contribution in [0.4, 0.5) is 0 Å². The first-order valence-corrected chi connectivity index (χ1v) is 4.13. The van der Waals surface area contributed by atoms with Crippen LogP contribution in [-0.4, -0.2) is 5.60 Å². The highest BCUT2D eigenvalue weighted by Gasteiger charge is 2.18. The zero-order valence-corrected chi connectivity index (χ0v) is 7.59. The van der Waals surface area contributed by atoms with E-state index in [4.69, 9.17) is 0 Å². The summed E-state index contributed by atoms with van der Waals surface area (Å²) >= 11 is 0. The molecule has 3 nitrogen and oxygen atoms in total. The molecule has 0 fully saturated rings. The number of hydrogen-bond donors (Lipinski definition) is 0. The van der Waals surface area contributed by atoms with Crippen LogP contribution in [0.25, 0.3) is 0 Å². The molecule has 3 heteroatoms. The summed E-state index contributed by atoms with van der Waals surface area (Å²) in [5.74, 6) is 0. The molecule has 0 heterocycles. The van der Waals surface area contributed by atoms with E-state index in [9.17, 15) is 4.91 Å².